The zero-order valence-corrected chi connectivity index (χ0v) is 20.3. The van der Waals surface area contributed by atoms with E-state index in [1.807, 2.05) is 6.07 Å². The van der Waals surface area contributed by atoms with Crippen molar-refractivity contribution >= 4 is 34.3 Å². The van der Waals surface area contributed by atoms with Gasteiger partial charge in [0.25, 0.3) is 0 Å². The van der Waals surface area contributed by atoms with Gasteiger partial charge in [0.05, 0.1) is 11.1 Å². The van der Waals surface area contributed by atoms with E-state index in [2.05, 4.69) is 14.9 Å². The normalized spacial score (nSPS) is 31.2. The van der Waals surface area contributed by atoms with E-state index in [1.165, 1.54) is 11.0 Å². The van der Waals surface area contributed by atoms with Crippen LogP contribution in [-0.2, 0) is 19.1 Å². The van der Waals surface area contributed by atoms with Gasteiger partial charge in [0, 0.05) is 19.3 Å². The summed E-state index contributed by atoms with van der Waals surface area (Å²) >= 11 is 0. The molecule has 0 spiro atoms. The van der Waals surface area contributed by atoms with Gasteiger partial charge in [0.1, 0.15) is 35.8 Å². The van der Waals surface area contributed by atoms with Crippen LogP contribution in [0.3, 0.4) is 0 Å². The molecule has 2 unspecified atom stereocenters. The number of anilines is 1. The molecular weight excluding hydrogens is 501 g/mol. The molecule has 4 heterocycles. The first kappa shape index (κ1) is 24.6. The zero-order valence-electron chi connectivity index (χ0n) is 18.6. The molecule has 3 fully saturated rings. The highest BCUT2D eigenvalue weighted by molar-refractivity contribution is 7.97. The summed E-state index contributed by atoms with van der Waals surface area (Å²) in [7, 11) is -9.15. The van der Waals surface area contributed by atoms with E-state index in [0.29, 0.717) is 28.7 Å². The Hall–Kier alpha value is -2.11. The number of rotatable bonds is 6. The van der Waals surface area contributed by atoms with Gasteiger partial charge < -0.3 is 34.2 Å². The number of aromatic nitrogens is 3. The minimum Gasteiger partial charge on any atom is -0.387 e. The van der Waals surface area contributed by atoms with Gasteiger partial charge in [-0.25, -0.2) is 18.4 Å². The minimum atomic E-state index is -4.85. The van der Waals surface area contributed by atoms with E-state index < -0.39 is 53.2 Å². The second-order valence-electron chi connectivity index (χ2n) is 9.55. The number of ether oxygens (including phenoxy) is 1. The molecular formula is C20H26N5O8PS. The highest BCUT2D eigenvalue weighted by atomic mass is 32.2. The number of nitriles is 1. The maximum atomic E-state index is 12.2. The second-order valence-corrected chi connectivity index (χ2v) is 13.7. The van der Waals surface area contributed by atoms with Crippen LogP contribution in [0.5, 0.6) is 0 Å². The van der Waals surface area contributed by atoms with Gasteiger partial charge in [0.15, 0.2) is 21.6 Å². The lowest BCUT2D eigenvalue weighted by Crippen LogP contribution is -2.35. The Labute approximate surface area is 201 Å². The van der Waals surface area contributed by atoms with Crippen LogP contribution in [-0.4, -0.2) is 85.6 Å². The summed E-state index contributed by atoms with van der Waals surface area (Å²) in [4.78, 5) is 28.9. The van der Waals surface area contributed by atoms with E-state index in [4.69, 9.17) is 14.5 Å². The third-order valence-electron chi connectivity index (χ3n) is 7.07. The number of nitrogens with zero attached hydrogens (tertiary/aromatic N) is 5. The second kappa shape index (κ2) is 8.77. The summed E-state index contributed by atoms with van der Waals surface area (Å²) in [5, 5.41) is 31.2. The van der Waals surface area contributed by atoms with Crippen molar-refractivity contribution < 1.29 is 37.7 Å². The smallest absolute Gasteiger partial charge is 0.340 e. The lowest BCUT2D eigenvalue weighted by molar-refractivity contribution is -0.0288. The molecule has 2 aromatic heterocycles. The summed E-state index contributed by atoms with van der Waals surface area (Å²) in [6.07, 6.45) is -0.722. The molecule has 0 aromatic carbocycles. The molecule has 2 saturated heterocycles. The molecule has 1 saturated carbocycles. The Balaban J connectivity index is 1.45. The largest absolute Gasteiger partial charge is 0.387 e. The fourth-order valence-electron chi connectivity index (χ4n) is 5.58. The molecule has 0 radical (unpaired) electrons. The summed E-state index contributed by atoms with van der Waals surface area (Å²) < 4.78 is 42.6. The van der Waals surface area contributed by atoms with Crippen LogP contribution in [0.4, 0.5) is 5.82 Å². The van der Waals surface area contributed by atoms with Crippen molar-refractivity contribution in [3.05, 3.63) is 18.1 Å². The Morgan fingerprint density at radius 3 is 2.49 bits per heavy atom. The quantitative estimate of drug-likeness (QED) is 0.358. The molecule has 3 aliphatic rings. The van der Waals surface area contributed by atoms with Crippen molar-refractivity contribution in [1.82, 2.24) is 14.5 Å². The number of hydrogen-bond donors (Lipinski definition) is 4. The van der Waals surface area contributed by atoms with Gasteiger partial charge in [-0.15, -0.1) is 0 Å². The summed E-state index contributed by atoms with van der Waals surface area (Å²) in [5.74, 6) is 0.816. The molecule has 0 bridgehead atoms. The summed E-state index contributed by atoms with van der Waals surface area (Å²) in [5.41, 5.74) is -1.10. The van der Waals surface area contributed by atoms with Crippen LogP contribution in [0.2, 0.25) is 0 Å². The molecule has 5 rings (SSSR count). The maximum Gasteiger partial charge on any atom is 0.340 e. The van der Waals surface area contributed by atoms with Crippen LogP contribution in [0.1, 0.15) is 31.3 Å². The molecule has 15 heteroatoms. The van der Waals surface area contributed by atoms with Crippen LogP contribution >= 0.6 is 7.60 Å². The average molecular weight is 527 g/mol. The van der Waals surface area contributed by atoms with Gasteiger partial charge in [-0.3, -0.25) is 4.57 Å². The molecule has 0 amide bonds. The van der Waals surface area contributed by atoms with E-state index in [0.717, 1.165) is 25.9 Å². The zero-order chi connectivity index (χ0) is 25.1. The first-order chi connectivity index (χ1) is 16.5. The molecule has 6 atom stereocenters. The standard InChI is InChI=1S/C20H26N5O8PS/c21-6-15-22-18(24-7-11-2-1-3-12(11)8-24)13-4-5-25(19(13)23-15)20-17(27)16(26)14(33-20)9-35(31,32)10-34(28,29)30/h4-5,11-12,14,16-17,20,26-27H,1-3,7-10H2,(H2,28,29,30)/t11?,12?,14-,16-,17-,20-/m1/s1. The summed E-state index contributed by atoms with van der Waals surface area (Å²) in [6, 6.07) is 3.68. The lowest BCUT2D eigenvalue weighted by atomic mass is 10.0. The third kappa shape index (κ3) is 4.70. The Kier molecular flexibility index (Phi) is 6.16. The molecule has 190 valence electrons. The topological polar surface area (TPSA) is 199 Å². The monoisotopic (exact) mass is 527 g/mol. The van der Waals surface area contributed by atoms with Crippen molar-refractivity contribution in [3.8, 4) is 6.07 Å². The Morgan fingerprint density at radius 1 is 1.17 bits per heavy atom. The highest BCUT2D eigenvalue weighted by Gasteiger charge is 2.46. The minimum absolute atomic E-state index is 0.0710. The fraction of sp³-hybridized carbons (Fsp3) is 0.650. The molecule has 35 heavy (non-hydrogen) atoms. The van der Waals surface area contributed by atoms with E-state index in [1.54, 1.807) is 12.3 Å². The SMILES string of the molecule is N#Cc1nc(N2CC3CCCC3C2)c2ccn([C@@H]3O[C@H](CS(=O)(=O)CP(=O)(O)O)[C@@H](O)[C@H]3O)c2n1. The lowest BCUT2D eigenvalue weighted by Gasteiger charge is -2.21. The predicted octanol–water partition coefficient (Wildman–Crippen LogP) is -0.292. The first-order valence-electron chi connectivity index (χ1n) is 11.3. The first-order valence-corrected chi connectivity index (χ1v) is 14.9. The molecule has 13 nitrogen and oxygen atoms in total. The van der Waals surface area contributed by atoms with Crippen molar-refractivity contribution in [1.29, 1.82) is 5.26 Å². The van der Waals surface area contributed by atoms with E-state index >= 15 is 0 Å². The Bertz CT molecular complexity index is 1320. The number of sulfone groups is 1. The molecule has 1 aliphatic carbocycles. The third-order valence-corrected chi connectivity index (χ3v) is 10.8. The number of fused-ring (bicyclic) bond motifs is 2. The summed E-state index contributed by atoms with van der Waals surface area (Å²) in [6.45, 7) is 1.65. The van der Waals surface area contributed by atoms with Gasteiger partial charge in [-0.1, -0.05) is 6.42 Å². The molecule has 2 aliphatic heterocycles. The number of aliphatic hydroxyl groups is 2. The van der Waals surface area contributed by atoms with Crippen LogP contribution < -0.4 is 4.90 Å². The number of hydrogen-bond acceptors (Lipinski definition) is 10. The van der Waals surface area contributed by atoms with Gasteiger partial charge in [-0.2, -0.15) is 5.26 Å². The van der Waals surface area contributed by atoms with Crippen LogP contribution in [0.15, 0.2) is 12.3 Å². The van der Waals surface area contributed by atoms with Crippen LogP contribution in [0, 0.1) is 23.2 Å². The van der Waals surface area contributed by atoms with Gasteiger partial charge in [-0.05, 0) is 30.7 Å². The van der Waals surface area contributed by atoms with E-state index in [9.17, 15) is 28.5 Å². The van der Waals surface area contributed by atoms with Crippen LogP contribution in [0.25, 0.3) is 11.0 Å². The highest BCUT2D eigenvalue weighted by Crippen LogP contribution is 2.42. The fourth-order valence-corrected chi connectivity index (χ4v) is 8.83. The van der Waals surface area contributed by atoms with Crippen molar-refractivity contribution in [3.63, 3.8) is 0 Å². The Morgan fingerprint density at radius 2 is 1.86 bits per heavy atom. The number of aliphatic hydroxyl groups excluding tert-OH is 2. The van der Waals surface area contributed by atoms with Crippen molar-refractivity contribution in [2.24, 2.45) is 11.8 Å². The van der Waals surface area contributed by atoms with E-state index in [-0.39, 0.29) is 5.82 Å². The van der Waals surface area contributed by atoms with Gasteiger partial charge >= 0.3 is 7.60 Å². The predicted molar refractivity (Wildman–Crippen MR) is 122 cm³/mol. The average Bonchev–Trinajstić information content (AvgIpc) is 3.51. The van der Waals surface area contributed by atoms with Crippen molar-refractivity contribution in [2.45, 2.75) is 43.8 Å². The molecule has 2 aromatic rings. The molecule has 4 N–H and O–H groups in total. The van der Waals surface area contributed by atoms with Gasteiger partial charge in [0.2, 0.25) is 5.82 Å². The maximum absolute atomic E-state index is 12.2. The van der Waals surface area contributed by atoms with Crippen molar-refractivity contribution in [2.75, 3.05) is 29.2 Å².